The van der Waals surface area contributed by atoms with Crippen LogP contribution in [0.2, 0.25) is 0 Å². The number of halogens is 2. The van der Waals surface area contributed by atoms with E-state index < -0.39 is 64.9 Å². The number of anilines is 2. The first-order chi connectivity index (χ1) is 34.9. The van der Waals surface area contributed by atoms with Gasteiger partial charge in [-0.05, 0) is 104 Å². The van der Waals surface area contributed by atoms with Gasteiger partial charge in [0.1, 0.15) is 51.6 Å². The van der Waals surface area contributed by atoms with Crippen LogP contribution in [-0.4, -0.2) is 110 Å². The average molecular weight is 1040 g/mol. The summed E-state index contributed by atoms with van der Waals surface area (Å²) in [5, 5.41) is 14.9. The molecular formula is C51H57F2LiN12O10. The summed E-state index contributed by atoms with van der Waals surface area (Å²) in [6.45, 7) is 13.0. The van der Waals surface area contributed by atoms with Gasteiger partial charge in [0.05, 0.1) is 12.1 Å². The molecule has 6 heterocycles. The van der Waals surface area contributed by atoms with Crippen molar-refractivity contribution in [2.24, 2.45) is 0 Å². The maximum absolute atomic E-state index is 13.4. The smallest absolute Gasteiger partial charge is 0.870 e. The summed E-state index contributed by atoms with van der Waals surface area (Å²) < 4.78 is 40.0. The quantitative estimate of drug-likeness (QED) is 0.0687. The van der Waals surface area contributed by atoms with Crippen LogP contribution in [0.4, 0.5) is 30.0 Å². The molecule has 8 rings (SSSR count). The standard InChI is InChI=1S/C26H29FN6O4.C25H27FN6O5.Li.H2O/c1-15(34)22-21(16-7-9-17(10-8-16)24(35)30-20-14-18(27)11-12-29-20)31-23(33(22)28)19-6-5-13-32(19)25(36)37-26(2,3)4;1-25(2,3)37-24(36)31-12-4-5-17(31)21-30-19(20(23(34)35)32(21)27)14-6-8-15(9-7-14)22(33)29-18-13-16(26)10-11-28-18;;/h7-12,14,19H,5-6,13,28H2,1-4H3,(H,29,30,35);6-11,13,17H,4-5,12,27H2,1-3H3,(H,34,35)(H,28,29,33);;1H2/q;;+1;/p-1/t19-;17-;;/m00../s1. The number of likely N-dealkylation sites (tertiary alicyclic amines) is 2. The number of carbonyl (C=O) groups excluding carboxylic acids is 5. The predicted molar refractivity (Wildman–Crippen MR) is 269 cm³/mol. The van der Waals surface area contributed by atoms with E-state index in [1.54, 1.807) is 70.7 Å². The van der Waals surface area contributed by atoms with Gasteiger partial charge >= 0.3 is 37.0 Å². The SMILES string of the molecule is CC(=O)c1c(-c2ccc(C(=O)Nc3cc(F)ccn3)cc2)nc([C@@H]2CCCN2C(=O)OC(C)(C)C)n1N.CC(C)(C)OC(=O)N1CCC[C@H]1c1nc(-c2ccc(C(=O)Nc3cc(F)ccn3)cc2)c(C(=O)O)n1N.[Li+].[OH-]. The van der Waals surface area contributed by atoms with E-state index in [0.29, 0.717) is 60.6 Å². The Labute approximate surface area is 447 Å². The minimum absolute atomic E-state index is 0. The first-order valence-electron chi connectivity index (χ1n) is 23.4. The van der Waals surface area contributed by atoms with Crippen LogP contribution in [0.5, 0.6) is 0 Å². The molecule has 2 aromatic carbocycles. The first-order valence-corrected chi connectivity index (χ1v) is 23.4. The Morgan fingerprint density at radius 1 is 0.632 bits per heavy atom. The van der Waals surface area contributed by atoms with Crippen LogP contribution >= 0.6 is 0 Å². The first kappa shape index (κ1) is 58.7. The number of ether oxygens (including phenoxy) is 2. The van der Waals surface area contributed by atoms with Crippen molar-refractivity contribution >= 4 is 47.4 Å². The Bertz CT molecular complexity index is 2910. The number of nitrogens with two attached hydrogens (primary N) is 2. The second kappa shape index (κ2) is 24.0. The van der Waals surface area contributed by atoms with E-state index in [0.717, 1.165) is 29.3 Å². The Morgan fingerprint density at radius 2 is 1.00 bits per heavy atom. The van der Waals surface area contributed by atoms with E-state index in [4.69, 9.17) is 21.2 Å². The van der Waals surface area contributed by atoms with Crippen molar-refractivity contribution < 1.29 is 76.5 Å². The van der Waals surface area contributed by atoms with Gasteiger partial charge in [-0.2, -0.15) is 0 Å². The molecule has 2 aliphatic heterocycles. The second-order valence-electron chi connectivity index (χ2n) is 19.4. The molecule has 0 spiro atoms. The Balaban J connectivity index is 0.000000274. The minimum atomic E-state index is -1.29. The van der Waals surface area contributed by atoms with Crippen LogP contribution in [-0.2, 0) is 9.47 Å². The summed E-state index contributed by atoms with van der Waals surface area (Å²) in [4.78, 5) is 95.4. The number of Topliss-reactive ketones (excluding diaryl/α,β-unsaturated/α-hetero) is 1. The van der Waals surface area contributed by atoms with Gasteiger partial charge in [-0.15, -0.1) is 0 Å². The topological polar surface area (TPSA) is 315 Å². The molecule has 0 aliphatic carbocycles. The fourth-order valence-corrected chi connectivity index (χ4v) is 8.34. The van der Waals surface area contributed by atoms with E-state index in [-0.39, 0.29) is 70.2 Å². The maximum Gasteiger partial charge on any atom is 1.00 e. The van der Waals surface area contributed by atoms with Crippen LogP contribution in [0.1, 0.15) is 140 Å². The summed E-state index contributed by atoms with van der Waals surface area (Å²) in [5.74, 6) is 9.62. The molecule has 2 atom stereocenters. The number of imidazole rings is 2. The molecule has 0 saturated carbocycles. The van der Waals surface area contributed by atoms with E-state index in [1.165, 1.54) is 59.2 Å². The number of carbonyl (C=O) groups is 6. The third-order valence-electron chi connectivity index (χ3n) is 11.5. The molecular weight excluding hydrogens is 986 g/mol. The maximum atomic E-state index is 13.4. The number of carboxylic acids is 1. The number of aromatic carboxylic acids is 1. The number of nitrogens with one attached hydrogen (secondary N) is 2. The number of nitrogen functional groups attached to an aromatic ring is 2. The second-order valence-corrected chi connectivity index (χ2v) is 19.4. The van der Waals surface area contributed by atoms with Crippen LogP contribution in [0, 0.1) is 11.6 Å². The van der Waals surface area contributed by atoms with Gasteiger partial charge in [0.15, 0.2) is 23.1 Å². The minimum Gasteiger partial charge on any atom is -0.870 e. The molecule has 396 valence electrons. The fourth-order valence-electron chi connectivity index (χ4n) is 8.34. The molecule has 0 radical (unpaired) electrons. The number of rotatable bonds is 10. The number of amides is 4. The Hall–Kier alpha value is -8.20. The van der Waals surface area contributed by atoms with Crippen molar-refractivity contribution in [3.63, 3.8) is 0 Å². The number of hydrogen-bond acceptors (Lipinski definition) is 15. The fraction of sp³-hybridized carbons (Fsp3) is 0.333. The number of hydrogen-bond donors (Lipinski definition) is 5. The van der Waals surface area contributed by atoms with Gasteiger partial charge in [-0.3, -0.25) is 24.2 Å². The van der Waals surface area contributed by atoms with Crippen molar-refractivity contribution in [1.29, 1.82) is 0 Å². The summed E-state index contributed by atoms with van der Waals surface area (Å²) in [6, 6.07) is 16.0. The van der Waals surface area contributed by atoms with Gasteiger partial charge in [0.2, 0.25) is 0 Å². The summed E-state index contributed by atoms with van der Waals surface area (Å²) >= 11 is 0. The average Bonchev–Trinajstić information content (AvgIpc) is 4.14. The van der Waals surface area contributed by atoms with Crippen molar-refractivity contribution in [3.05, 3.63) is 131 Å². The zero-order valence-corrected chi connectivity index (χ0v) is 43.1. The summed E-state index contributed by atoms with van der Waals surface area (Å²) in [7, 11) is 0. The number of ketones is 1. The van der Waals surface area contributed by atoms with Crippen LogP contribution in [0.15, 0.2) is 85.2 Å². The molecule has 2 fully saturated rings. The third kappa shape index (κ3) is 13.7. The van der Waals surface area contributed by atoms with Crippen LogP contribution in [0.3, 0.4) is 0 Å². The van der Waals surface area contributed by atoms with Crippen molar-refractivity contribution in [3.8, 4) is 22.5 Å². The van der Waals surface area contributed by atoms with Gasteiger partial charge < -0.3 is 42.4 Å². The monoisotopic (exact) mass is 1040 g/mol. The van der Waals surface area contributed by atoms with Crippen LogP contribution < -0.4 is 41.2 Å². The molecule has 4 amide bonds. The van der Waals surface area contributed by atoms with E-state index >= 15 is 0 Å². The molecule has 22 nitrogen and oxygen atoms in total. The normalized spacial score (nSPS) is 15.1. The van der Waals surface area contributed by atoms with E-state index in [9.17, 15) is 42.7 Å². The molecule has 8 N–H and O–H groups in total. The van der Waals surface area contributed by atoms with Crippen molar-refractivity contribution in [2.75, 3.05) is 35.4 Å². The molecule has 6 aromatic rings. The molecule has 2 aliphatic rings. The Kier molecular flexibility index (Phi) is 18.5. The summed E-state index contributed by atoms with van der Waals surface area (Å²) in [5.41, 5.74) is 0.543. The van der Waals surface area contributed by atoms with E-state index in [2.05, 4.69) is 30.6 Å². The molecule has 2 saturated heterocycles. The zero-order valence-electron chi connectivity index (χ0n) is 43.1. The largest absolute Gasteiger partial charge is 1.00 e. The zero-order chi connectivity index (χ0) is 53.8. The number of aromatic nitrogens is 6. The van der Waals surface area contributed by atoms with Gasteiger partial charge in [-0.1, -0.05) is 24.3 Å². The number of pyridine rings is 2. The van der Waals surface area contributed by atoms with Crippen LogP contribution in [0.25, 0.3) is 22.5 Å². The van der Waals surface area contributed by atoms with E-state index in [1.807, 2.05) is 0 Å². The van der Waals surface area contributed by atoms with Gasteiger partial charge in [0.25, 0.3) is 11.8 Å². The Morgan fingerprint density at radius 3 is 1.34 bits per heavy atom. The summed E-state index contributed by atoms with van der Waals surface area (Å²) in [6.07, 6.45) is 4.08. The number of nitrogens with zero attached hydrogens (tertiary/aromatic N) is 8. The number of carboxylic acid groups (broad SMARTS) is 1. The molecule has 0 bridgehead atoms. The molecule has 0 unspecified atom stereocenters. The predicted octanol–water partition coefficient (Wildman–Crippen LogP) is 4.97. The molecule has 76 heavy (non-hydrogen) atoms. The third-order valence-corrected chi connectivity index (χ3v) is 11.5. The molecule has 4 aromatic heterocycles. The van der Waals surface area contributed by atoms with Gasteiger partial charge in [-0.25, -0.2) is 52.5 Å². The van der Waals surface area contributed by atoms with Crippen molar-refractivity contribution in [2.45, 2.75) is 97.4 Å². The van der Waals surface area contributed by atoms with Gasteiger partial charge in [0, 0.05) is 66.8 Å². The number of benzene rings is 2. The molecule has 25 heteroatoms. The van der Waals surface area contributed by atoms with Crippen molar-refractivity contribution in [1.82, 2.24) is 39.1 Å².